The van der Waals surface area contributed by atoms with Crippen LogP contribution in [0.1, 0.15) is 33.6 Å². The van der Waals surface area contributed by atoms with Crippen molar-refractivity contribution in [3.63, 3.8) is 0 Å². The number of hydrogen-bond acceptors (Lipinski definition) is 5. The third-order valence-corrected chi connectivity index (χ3v) is 5.29. The Morgan fingerprint density at radius 2 is 1.82 bits per heavy atom. The minimum atomic E-state index is -0.703. The van der Waals surface area contributed by atoms with Gasteiger partial charge in [-0.3, -0.25) is 19.3 Å². The zero-order valence-electron chi connectivity index (χ0n) is 16.9. The molecule has 1 N–H and O–H groups in total. The summed E-state index contributed by atoms with van der Waals surface area (Å²) in [6.45, 7) is 8.75. The molecule has 0 unspecified atom stereocenters. The number of benzene rings is 1. The molecule has 152 valence electrons. The Balaban J connectivity index is 1.58. The second kappa shape index (κ2) is 8.31. The van der Waals surface area contributed by atoms with E-state index in [0.717, 1.165) is 23.7 Å². The first kappa shape index (κ1) is 20.3. The van der Waals surface area contributed by atoms with E-state index in [4.69, 9.17) is 4.74 Å². The molecule has 0 bridgehead atoms. The number of carbonyl (C=O) groups is 3. The summed E-state index contributed by atoms with van der Waals surface area (Å²) in [5, 5.41) is 2.78. The van der Waals surface area contributed by atoms with Gasteiger partial charge in [-0.1, -0.05) is 20.8 Å². The lowest BCUT2D eigenvalue weighted by atomic mass is 9.80. The zero-order valence-corrected chi connectivity index (χ0v) is 16.9. The maximum absolute atomic E-state index is 12.7. The van der Waals surface area contributed by atoms with Crippen molar-refractivity contribution in [2.45, 2.75) is 33.6 Å². The van der Waals surface area contributed by atoms with Gasteiger partial charge in [-0.25, -0.2) is 0 Å². The van der Waals surface area contributed by atoms with Gasteiger partial charge >= 0.3 is 0 Å². The summed E-state index contributed by atoms with van der Waals surface area (Å²) in [5.41, 5.74) is 1.02. The molecule has 2 heterocycles. The van der Waals surface area contributed by atoms with Gasteiger partial charge < -0.3 is 15.0 Å². The van der Waals surface area contributed by atoms with Crippen molar-refractivity contribution in [3.05, 3.63) is 24.3 Å². The maximum Gasteiger partial charge on any atom is 0.244 e. The van der Waals surface area contributed by atoms with Crippen molar-refractivity contribution < 1.29 is 19.1 Å². The zero-order chi connectivity index (χ0) is 20.3. The fraction of sp³-hybridized carbons (Fsp3) is 0.571. The molecule has 2 fully saturated rings. The Morgan fingerprint density at radius 3 is 2.43 bits per heavy atom. The van der Waals surface area contributed by atoms with Gasteiger partial charge in [0, 0.05) is 30.9 Å². The molecule has 0 aromatic heterocycles. The van der Waals surface area contributed by atoms with Gasteiger partial charge in [0.25, 0.3) is 0 Å². The third kappa shape index (κ3) is 4.52. The van der Waals surface area contributed by atoms with Crippen LogP contribution in [0.5, 0.6) is 0 Å². The molecule has 7 heteroatoms. The highest BCUT2D eigenvalue weighted by molar-refractivity contribution is 6.09. The van der Waals surface area contributed by atoms with Crippen molar-refractivity contribution in [2.24, 2.45) is 11.3 Å². The number of anilines is 2. The minimum absolute atomic E-state index is 0.172. The smallest absolute Gasteiger partial charge is 0.244 e. The van der Waals surface area contributed by atoms with Crippen molar-refractivity contribution in [1.82, 2.24) is 4.90 Å². The number of imide groups is 1. The molecule has 0 saturated carbocycles. The van der Waals surface area contributed by atoms with Gasteiger partial charge in [0.05, 0.1) is 18.6 Å². The average Bonchev–Trinajstić information content (AvgIpc) is 2.85. The van der Waals surface area contributed by atoms with Gasteiger partial charge in [-0.15, -0.1) is 0 Å². The van der Waals surface area contributed by atoms with Crippen LogP contribution in [-0.2, 0) is 19.1 Å². The molecule has 2 aliphatic heterocycles. The lowest BCUT2D eigenvalue weighted by Gasteiger charge is -2.28. The molecular weight excluding hydrogens is 358 g/mol. The van der Waals surface area contributed by atoms with E-state index >= 15 is 0 Å². The summed E-state index contributed by atoms with van der Waals surface area (Å²) >= 11 is 0. The van der Waals surface area contributed by atoms with Gasteiger partial charge in [0.1, 0.15) is 6.54 Å². The molecule has 3 rings (SSSR count). The summed E-state index contributed by atoms with van der Waals surface area (Å²) in [4.78, 5) is 40.7. The summed E-state index contributed by atoms with van der Waals surface area (Å²) in [6.07, 6.45) is 0.810. The second-order valence-corrected chi connectivity index (χ2v) is 8.31. The van der Waals surface area contributed by atoms with Crippen molar-refractivity contribution >= 4 is 29.1 Å². The van der Waals surface area contributed by atoms with Crippen LogP contribution in [0.15, 0.2) is 24.3 Å². The van der Waals surface area contributed by atoms with Crippen LogP contribution in [0.2, 0.25) is 0 Å². The van der Waals surface area contributed by atoms with E-state index in [-0.39, 0.29) is 30.7 Å². The Hall–Kier alpha value is -2.41. The first-order valence-electron chi connectivity index (χ1n) is 9.86. The second-order valence-electron chi connectivity index (χ2n) is 8.31. The van der Waals surface area contributed by atoms with Crippen LogP contribution in [0, 0.1) is 11.3 Å². The van der Waals surface area contributed by atoms with Gasteiger partial charge in [-0.2, -0.15) is 0 Å². The molecule has 0 aliphatic carbocycles. The van der Waals surface area contributed by atoms with E-state index in [1.54, 1.807) is 0 Å². The molecule has 28 heavy (non-hydrogen) atoms. The van der Waals surface area contributed by atoms with E-state index in [1.165, 1.54) is 0 Å². The van der Waals surface area contributed by atoms with E-state index in [0.29, 0.717) is 31.2 Å². The lowest BCUT2D eigenvalue weighted by molar-refractivity contribution is -0.144. The number of nitrogens with zero attached hydrogens (tertiary/aromatic N) is 2. The summed E-state index contributed by atoms with van der Waals surface area (Å²) in [5.74, 6) is -0.579. The fourth-order valence-corrected chi connectivity index (χ4v) is 4.09. The molecule has 0 radical (unpaired) electrons. The van der Waals surface area contributed by atoms with E-state index in [1.807, 2.05) is 45.0 Å². The predicted molar refractivity (Wildman–Crippen MR) is 107 cm³/mol. The molecule has 3 amide bonds. The van der Waals surface area contributed by atoms with Gasteiger partial charge in [0.2, 0.25) is 17.7 Å². The molecule has 7 nitrogen and oxygen atoms in total. The van der Waals surface area contributed by atoms with Crippen LogP contribution >= 0.6 is 0 Å². The fourth-order valence-electron chi connectivity index (χ4n) is 4.09. The number of likely N-dealkylation sites (tertiary alicyclic amines) is 1. The summed E-state index contributed by atoms with van der Waals surface area (Å²) < 4.78 is 5.36. The monoisotopic (exact) mass is 387 g/mol. The topological polar surface area (TPSA) is 79.0 Å². The largest absolute Gasteiger partial charge is 0.378 e. The predicted octanol–water partition coefficient (Wildman–Crippen LogP) is 2.27. The van der Waals surface area contributed by atoms with Crippen LogP contribution in [0.3, 0.4) is 0 Å². The SMILES string of the molecule is CC(C)C[C@@]1(C)CC(=O)N(CC(=O)Nc2ccc(N3CCOCC3)cc2)C1=O. The van der Waals surface area contributed by atoms with Crippen LogP contribution in [-0.4, -0.2) is 55.5 Å². The van der Waals surface area contributed by atoms with Crippen LogP contribution < -0.4 is 10.2 Å². The number of hydrogen-bond donors (Lipinski definition) is 1. The highest BCUT2D eigenvalue weighted by atomic mass is 16.5. The maximum atomic E-state index is 12.7. The number of carbonyl (C=O) groups excluding carboxylic acids is 3. The Kier molecular flexibility index (Phi) is 6.03. The number of amides is 3. The molecule has 1 aromatic rings. The van der Waals surface area contributed by atoms with Crippen LogP contribution in [0.4, 0.5) is 11.4 Å². The summed E-state index contributed by atoms with van der Waals surface area (Å²) in [6, 6.07) is 7.57. The number of rotatable bonds is 6. The molecule has 1 atom stereocenters. The molecule has 2 aliphatic rings. The number of nitrogens with one attached hydrogen (secondary N) is 1. The van der Waals surface area contributed by atoms with Crippen LogP contribution in [0.25, 0.3) is 0 Å². The highest BCUT2D eigenvalue weighted by Gasteiger charge is 2.48. The number of morpholine rings is 1. The minimum Gasteiger partial charge on any atom is -0.378 e. The lowest BCUT2D eigenvalue weighted by Crippen LogP contribution is -2.40. The average molecular weight is 387 g/mol. The third-order valence-electron chi connectivity index (χ3n) is 5.29. The highest BCUT2D eigenvalue weighted by Crippen LogP contribution is 2.38. The van der Waals surface area contributed by atoms with Crippen molar-refractivity contribution in [2.75, 3.05) is 43.1 Å². The van der Waals surface area contributed by atoms with E-state index in [9.17, 15) is 14.4 Å². The molecular formula is C21H29N3O4. The molecule has 1 aromatic carbocycles. The standard InChI is InChI=1S/C21H29N3O4/c1-15(2)12-21(3)13-19(26)24(20(21)27)14-18(25)22-16-4-6-17(7-5-16)23-8-10-28-11-9-23/h4-7,15H,8-14H2,1-3H3,(H,22,25)/t21-/m0/s1. The Bertz CT molecular complexity index is 741. The van der Waals surface area contributed by atoms with Crippen molar-refractivity contribution in [1.29, 1.82) is 0 Å². The van der Waals surface area contributed by atoms with Crippen molar-refractivity contribution in [3.8, 4) is 0 Å². The first-order valence-corrected chi connectivity index (χ1v) is 9.86. The Labute approximate surface area is 166 Å². The normalized spacial score (nSPS) is 22.9. The van der Waals surface area contributed by atoms with E-state index < -0.39 is 5.41 Å². The molecule has 2 saturated heterocycles. The first-order chi connectivity index (χ1) is 13.3. The van der Waals surface area contributed by atoms with E-state index in [2.05, 4.69) is 10.2 Å². The Morgan fingerprint density at radius 1 is 1.18 bits per heavy atom. The number of ether oxygens (including phenoxy) is 1. The van der Waals surface area contributed by atoms with Gasteiger partial charge in [0.15, 0.2) is 0 Å². The van der Waals surface area contributed by atoms with Gasteiger partial charge in [-0.05, 0) is 36.6 Å². The summed E-state index contributed by atoms with van der Waals surface area (Å²) in [7, 11) is 0. The quantitative estimate of drug-likeness (QED) is 0.758. The molecule has 0 spiro atoms.